The number of aliphatic carboxylic acids is 1. The second kappa shape index (κ2) is 7.13. The molecule has 136 valence electrons. The zero-order chi connectivity index (χ0) is 18.0. The zero-order valence-corrected chi connectivity index (χ0v) is 14.6. The molecule has 7 nitrogen and oxygen atoms in total. The molecule has 3 rings (SSSR count). The monoisotopic (exact) mass is 367 g/mol. The van der Waals surface area contributed by atoms with E-state index in [2.05, 4.69) is 0 Å². The number of ether oxygens (including phenoxy) is 1. The molecule has 1 N–H and O–H groups in total. The average Bonchev–Trinajstić information content (AvgIpc) is 3.07. The fraction of sp³-hybridized carbons (Fsp3) is 0.529. The number of carboxylic acids is 1. The van der Waals surface area contributed by atoms with Gasteiger partial charge in [0.25, 0.3) is 0 Å². The van der Waals surface area contributed by atoms with E-state index in [1.807, 2.05) is 6.07 Å². The summed E-state index contributed by atoms with van der Waals surface area (Å²) < 4.78 is 30.1. The minimum absolute atomic E-state index is 0.0708. The Bertz CT molecular complexity index is 788. The quantitative estimate of drug-likeness (QED) is 0.820. The molecule has 25 heavy (non-hydrogen) atoms. The number of amides is 1. The van der Waals surface area contributed by atoms with Gasteiger partial charge in [0.2, 0.25) is 5.91 Å². The fourth-order valence-corrected chi connectivity index (χ4v) is 4.61. The lowest BCUT2D eigenvalue weighted by Gasteiger charge is -2.32. The minimum atomic E-state index is -3.58. The minimum Gasteiger partial charge on any atom is -0.480 e. The number of aryl methyl sites for hydroxylation is 2. The third-order valence-corrected chi connectivity index (χ3v) is 6.46. The smallest absolute Gasteiger partial charge is 0.328 e. The third-order valence-electron chi connectivity index (χ3n) is 4.75. The van der Waals surface area contributed by atoms with Crippen LogP contribution in [0.5, 0.6) is 0 Å². The van der Waals surface area contributed by atoms with Crippen molar-refractivity contribution in [2.45, 2.75) is 36.6 Å². The van der Waals surface area contributed by atoms with Gasteiger partial charge in [-0.1, -0.05) is 6.07 Å². The second-order valence-corrected chi connectivity index (χ2v) is 8.48. The van der Waals surface area contributed by atoms with Gasteiger partial charge in [-0.2, -0.15) is 0 Å². The Hall–Kier alpha value is -1.93. The molecule has 0 aromatic heterocycles. The average molecular weight is 367 g/mol. The van der Waals surface area contributed by atoms with E-state index in [9.17, 15) is 18.0 Å². The van der Waals surface area contributed by atoms with Gasteiger partial charge in [-0.3, -0.25) is 4.79 Å². The SMILES string of the molecule is O=C(O)C1COCCN1C(=O)CCS(=O)(=O)c1ccc2c(c1)CCC2. The molecule has 1 unspecified atom stereocenters. The maximum Gasteiger partial charge on any atom is 0.328 e. The Morgan fingerprint density at radius 3 is 2.76 bits per heavy atom. The van der Waals surface area contributed by atoms with Crippen molar-refractivity contribution < 1.29 is 27.9 Å². The topological polar surface area (TPSA) is 101 Å². The predicted molar refractivity (Wildman–Crippen MR) is 89.1 cm³/mol. The molecule has 1 heterocycles. The Morgan fingerprint density at radius 1 is 1.24 bits per heavy atom. The molecule has 1 aliphatic carbocycles. The first-order chi connectivity index (χ1) is 11.9. The van der Waals surface area contributed by atoms with Crippen LogP contribution in [0.2, 0.25) is 0 Å². The van der Waals surface area contributed by atoms with Crippen molar-refractivity contribution in [3.05, 3.63) is 29.3 Å². The molecule has 1 saturated heterocycles. The van der Waals surface area contributed by atoms with Crippen molar-refractivity contribution in [2.75, 3.05) is 25.5 Å². The van der Waals surface area contributed by atoms with E-state index in [0.717, 1.165) is 24.8 Å². The van der Waals surface area contributed by atoms with Crippen LogP contribution in [0.25, 0.3) is 0 Å². The molecule has 0 bridgehead atoms. The van der Waals surface area contributed by atoms with E-state index in [0.29, 0.717) is 0 Å². The summed E-state index contributed by atoms with van der Waals surface area (Å²) in [6.45, 7) is 0.348. The summed E-state index contributed by atoms with van der Waals surface area (Å²) in [6, 6.07) is 4.10. The van der Waals surface area contributed by atoms with Gasteiger partial charge in [0.15, 0.2) is 15.9 Å². The van der Waals surface area contributed by atoms with Crippen LogP contribution in [-0.2, 0) is 37.0 Å². The fourth-order valence-electron chi connectivity index (χ4n) is 3.33. The van der Waals surface area contributed by atoms with Crippen molar-refractivity contribution in [1.29, 1.82) is 0 Å². The Labute approximate surface area is 146 Å². The summed E-state index contributed by atoms with van der Waals surface area (Å²) in [5.74, 6) is -1.94. The maximum atomic E-state index is 12.5. The van der Waals surface area contributed by atoms with Crippen molar-refractivity contribution >= 4 is 21.7 Å². The molecule has 0 spiro atoms. The Balaban J connectivity index is 1.67. The normalized spacial score (nSPS) is 20.3. The van der Waals surface area contributed by atoms with Crippen LogP contribution < -0.4 is 0 Å². The summed E-state index contributed by atoms with van der Waals surface area (Å²) in [7, 11) is -3.58. The molecule has 1 aromatic carbocycles. The highest BCUT2D eigenvalue weighted by Crippen LogP contribution is 2.25. The van der Waals surface area contributed by atoms with Crippen molar-refractivity contribution in [2.24, 2.45) is 0 Å². The van der Waals surface area contributed by atoms with Gasteiger partial charge in [-0.25, -0.2) is 13.2 Å². The van der Waals surface area contributed by atoms with E-state index >= 15 is 0 Å². The molecule has 1 atom stereocenters. The Kier molecular flexibility index (Phi) is 5.10. The number of carbonyl (C=O) groups is 2. The summed E-state index contributed by atoms with van der Waals surface area (Å²) in [5, 5.41) is 9.16. The van der Waals surface area contributed by atoms with Crippen LogP contribution in [0.3, 0.4) is 0 Å². The number of hydrogen-bond acceptors (Lipinski definition) is 5. The highest BCUT2D eigenvalue weighted by atomic mass is 32.2. The number of carbonyl (C=O) groups excluding carboxylic acids is 1. The molecule has 1 fully saturated rings. The molecule has 0 radical (unpaired) electrons. The molecular weight excluding hydrogens is 346 g/mol. The van der Waals surface area contributed by atoms with Gasteiger partial charge in [-0.05, 0) is 42.5 Å². The van der Waals surface area contributed by atoms with Crippen LogP contribution in [-0.4, -0.2) is 61.9 Å². The third kappa shape index (κ3) is 3.85. The standard InChI is InChI=1S/C17H21NO6S/c19-16(18-7-8-24-11-15(18)17(20)21)6-9-25(22,23)14-5-4-12-2-1-3-13(12)10-14/h4-5,10,15H,1-3,6-9,11H2,(H,20,21). The van der Waals surface area contributed by atoms with Crippen LogP contribution in [0.15, 0.2) is 23.1 Å². The summed E-state index contributed by atoms with van der Waals surface area (Å²) in [6.07, 6.45) is 2.65. The molecule has 0 saturated carbocycles. The molecular formula is C17H21NO6S. The van der Waals surface area contributed by atoms with Gasteiger partial charge in [-0.15, -0.1) is 0 Å². The van der Waals surface area contributed by atoms with Crippen LogP contribution >= 0.6 is 0 Å². The summed E-state index contributed by atoms with van der Waals surface area (Å²) in [4.78, 5) is 25.0. The second-order valence-electron chi connectivity index (χ2n) is 6.37. The molecule has 2 aliphatic rings. The maximum absolute atomic E-state index is 12.5. The molecule has 1 aromatic rings. The van der Waals surface area contributed by atoms with E-state index in [4.69, 9.17) is 9.84 Å². The van der Waals surface area contributed by atoms with Crippen LogP contribution in [0.1, 0.15) is 24.0 Å². The lowest BCUT2D eigenvalue weighted by Crippen LogP contribution is -2.52. The van der Waals surface area contributed by atoms with Gasteiger partial charge in [0, 0.05) is 13.0 Å². The zero-order valence-electron chi connectivity index (χ0n) is 13.8. The summed E-state index contributed by atoms with van der Waals surface area (Å²) in [5.41, 5.74) is 2.25. The van der Waals surface area contributed by atoms with E-state index in [1.165, 1.54) is 10.5 Å². The first-order valence-corrected chi connectivity index (χ1v) is 9.98. The molecule has 1 amide bonds. The highest BCUT2D eigenvalue weighted by molar-refractivity contribution is 7.91. The van der Waals surface area contributed by atoms with Gasteiger partial charge in [0.1, 0.15) is 0 Å². The number of hydrogen-bond donors (Lipinski definition) is 1. The lowest BCUT2D eigenvalue weighted by molar-refractivity contribution is -0.158. The molecule has 8 heteroatoms. The number of carboxylic acid groups (broad SMARTS) is 1. The first-order valence-electron chi connectivity index (χ1n) is 8.33. The van der Waals surface area contributed by atoms with E-state index in [-0.39, 0.29) is 36.8 Å². The number of sulfone groups is 1. The molecule has 1 aliphatic heterocycles. The van der Waals surface area contributed by atoms with Gasteiger partial charge >= 0.3 is 5.97 Å². The number of morpholine rings is 1. The van der Waals surface area contributed by atoms with Crippen LogP contribution in [0.4, 0.5) is 0 Å². The first kappa shape index (κ1) is 17.9. The van der Waals surface area contributed by atoms with E-state index in [1.54, 1.807) is 12.1 Å². The summed E-state index contributed by atoms with van der Waals surface area (Å²) >= 11 is 0. The number of benzene rings is 1. The van der Waals surface area contributed by atoms with Gasteiger partial charge in [0.05, 0.1) is 23.9 Å². The van der Waals surface area contributed by atoms with Crippen molar-refractivity contribution in [3.8, 4) is 0 Å². The van der Waals surface area contributed by atoms with Crippen molar-refractivity contribution in [1.82, 2.24) is 4.90 Å². The largest absolute Gasteiger partial charge is 0.480 e. The highest BCUT2D eigenvalue weighted by Gasteiger charge is 2.33. The number of rotatable bonds is 5. The lowest BCUT2D eigenvalue weighted by atomic mass is 10.1. The van der Waals surface area contributed by atoms with Crippen LogP contribution in [0, 0.1) is 0 Å². The van der Waals surface area contributed by atoms with Gasteiger partial charge < -0.3 is 14.7 Å². The number of fused-ring (bicyclic) bond motifs is 1. The Morgan fingerprint density at radius 2 is 2.00 bits per heavy atom. The predicted octanol–water partition coefficient (Wildman–Crippen LogP) is 0.651. The van der Waals surface area contributed by atoms with Crippen molar-refractivity contribution in [3.63, 3.8) is 0 Å². The number of nitrogens with zero attached hydrogens (tertiary/aromatic N) is 1. The van der Waals surface area contributed by atoms with E-state index < -0.39 is 27.8 Å².